The van der Waals surface area contributed by atoms with Crippen LogP contribution >= 0.6 is 0 Å². The Bertz CT molecular complexity index is 449. The lowest BCUT2D eigenvalue weighted by Gasteiger charge is -1.93. The molecule has 66 valence electrons. The zero-order valence-electron chi connectivity index (χ0n) is 7.80. The predicted octanol–water partition coefficient (Wildman–Crippen LogP) is 3.35. The number of fused-ring (bicyclic) bond motifs is 1. The van der Waals surface area contributed by atoms with E-state index >= 15 is 0 Å². The maximum Gasteiger partial charge on any atom is 0.0458 e. The van der Waals surface area contributed by atoms with Crippen molar-refractivity contribution < 1.29 is 0 Å². The number of nitrogens with one attached hydrogen (secondary N) is 1. The zero-order chi connectivity index (χ0) is 8.84. The van der Waals surface area contributed by atoms with E-state index in [0.717, 1.165) is 5.92 Å². The molecule has 1 heterocycles. The van der Waals surface area contributed by atoms with E-state index in [1.165, 1.54) is 35.0 Å². The summed E-state index contributed by atoms with van der Waals surface area (Å²) >= 11 is 0. The summed E-state index contributed by atoms with van der Waals surface area (Å²) in [7, 11) is 0. The van der Waals surface area contributed by atoms with Crippen LogP contribution in [0.15, 0.2) is 24.3 Å². The van der Waals surface area contributed by atoms with Crippen LogP contribution in [0.3, 0.4) is 0 Å². The number of benzene rings is 1. The minimum absolute atomic E-state index is 0.826. The summed E-state index contributed by atoms with van der Waals surface area (Å²) in [6.07, 6.45) is 2.74. The Morgan fingerprint density at radius 3 is 2.69 bits per heavy atom. The molecule has 1 fully saturated rings. The van der Waals surface area contributed by atoms with Gasteiger partial charge >= 0.3 is 0 Å². The van der Waals surface area contributed by atoms with Crippen LogP contribution in [-0.4, -0.2) is 4.98 Å². The molecule has 0 bridgehead atoms. The van der Waals surface area contributed by atoms with Crippen molar-refractivity contribution in [2.45, 2.75) is 25.7 Å². The minimum Gasteiger partial charge on any atom is -0.358 e. The highest BCUT2D eigenvalue weighted by Crippen LogP contribution is 2.42. The molecule has 1 aliphatic carbocycles. The van der Waals surface area contributed by atoms with Gasteiger partial charge in [-0.05, 0) is 37.3 Å². The van der Waals surface area contributed by atoms with Gasteiger partial charge in [0.25, 0.3) is 0 Å². The summed E-state index contributed by atoms with van der Waals surface area (Å²) in [5, 5.41) is 1.39. The number of hydrogen-bond donors (Lipinski definition) is 1. The number of para-hydroxylation sites is 1. The average molecular weight is 171 g/mol. The number of H-pyrrole nitrogens is 1. The van der Waals surface area contributed by atoms with Crippen molar-refractivity contribution in [2.75, 3.05) is 0 Å². The SMILES string of the molecule is Cc1c(C2CC2)[nH]c2ccccc12. The normalized spacial score (nSPS) is 16.7. The lowest BCUT2D eigenvalue weighted by atomic mass is 10.1. The standard InChI is InChI=1S/C12H13N/c1-8-10-4-2-3-5-11(10)13-12(8)9-6-7-9/h2-5,9,13H,6-7H2,1H3. The number of aromatic amines is 1. The van der Waals surface area contributed by atoms with Crippen LogP contribution in [0, 0.1) is 6.92 Å². The van der Waals surface area contributed by atoms with Crippen LogP contribution in [0.25, 0.3) is 10.9 Å². The summed E-state index contributed by atoms with van der Waals surface area (Å²) in [4.78, 5) is 3.53. The maximum atomic E-state index is 3.53. The van der Waals surface area contributed by atoms with E-state index < -0.39 is 0 Å². The summed E-state index contributed by atoms with van der Waals surface area (Å²) in [6.45, 7) is 2.23. The van der Waals surface area contributed by atoms with Crippen LogP contribution in [0.4, 0.5) is 0 Å². The fourth-order valence-electron chi connectivity index (χ4n) is 2.08. The van der Waals surface area contributed by atoms with Gasteiger partial charge in [-0.25, -0.2) is 0 Å². The molecule has 3 rings (SSSR count). The Balaban J connectivity index is 2.30. The molecule has 1 nitrogen and oxygen atoms in total. The molecule has 0 aliphatic heterocycles. The van der Waals surface area contributed by atoms with Gasteiger partial charge in [-0.15, -0.1) is 0 Å². The Morgan fingerprint density at radius 1 is 1.23 bits per heavy atom. The van der Waals surface area contributed by atoms with E-state index in [2.05, 4.69) is 36.2 Å². The zero-order valence-corrected chi connectivity index (χ0v) is 7.80. The van der Waals surface area contributed by atoms with Crippen LogP contribution < -0.4 is 0 Å². The van der Waals surface area contributed by atoms with Gasteiger partial charge in [-0.1, -0.05) is 18.2 Å². The molecular weight excluding hydrogens is 158 g/mol. The second kappa shape index (κ2) is 2.38. The second-order valence-corrected chi connectivity index (χ2v) is 3.98. The van der Waals surface area contributed by atoms with Crippen molar-refractivity contribution in [3.8, 4) is 0 Å². The van der Waals surface area contributed by atoms with Gasteiger partial charge in [-0.3, -0.25) is 0 Å². The molecule has 1 aliphatic rings. The molecule has 1 N–H and O–H groups in total. The number of aromatic nitrogens is 1. The van der Waals surface area contributed by atoms with Crippen LogP contribution in [0.2, 0.25) is 0 Å². The lowest BCUT2D eigenvalue weighted by Crippen LogP contribution is -1.80. The van der Waals surface area contributed by atoms with Crippen LogP contribution in [-0.2, 0) is 0 Å². The monoisotopic (exact) mass is 171 g/mol. The van der Waals surface area contributed by atoms with E-state index in [9.17, 15) is 0 Å². The molecule has 1 saturated carbocycles. The van der Waals surface area contributed by atoms with Crippen molar-refractivity contribution >= 4 is 10.9 Å². The van der Waals surface area contributed by atoms with Crippen molar-refractivity contribution in [1.82, 2.24) is 4.98 Å². The lowest BCUT2D eigenvalue weighted by molar-refractivity contribution is 1.04. The van der Waals surface area contributed by atoms with Gasteiger partial charge < -0.3 is 4.98 Å². The third-order valence-corrected chi connectivity index (χ3v) is 2.99. The summed E-state index contributed by atoms with van der Waals surface area (Å²) in [6, 6.07) is 8.57. The van der Waals surface area contributed by atoms with Gasteiger partial charge in [0, 0.05) is 16.6 Å². The van der Waals surface area contributed by atoms with Crippen molar-refractivity contribution in [2.24, 2.45) is 0 Å². The quantitative estimate of drug-likeness (QED) is 0.677. The third-order valence-electron chi connectivity index (χ3n) is 2.99. The number of hydrogen-bond acceptors (Lipinski definition) is 0. The largest absolute Gasteiger partial charge is 0.358 e. The molecule has 13 heavy (non-hydrogen) atoms. The van der Waals surface area contributed by atoms with Crippen LogP contribution in [0.5, 0.6) is 0 Å². The molecule has 0 unspecified atom stereocenters. The third kappa shape index (κ3) is 0.998. The molecule has 2 aromatic rings. The molecule has 0 spiro atoms. The molecular formula is C12H13N. The molecule has 0 saturated heterocycles. The van der Waals surface area contributed by atoms with Gasteiger partial charge in [0.15, 0.2) is 0 Å². The second-order valence-electron chi connectivity index (χ2n) is 3.98. The average Bonchev–Trinajstić information content (AvgIpc) is 2.94. The first-order valence-electron chi connectivity index (χ1n) is 4.93. The van der Waals surface area contributed by atoms with Crippen molar-refractivity contribution in [1.29, 1.82) is 0 Å². The van der Waals surface area contributed by atoms with Crippen LogP contribution in [0.1, 0.15) is 30.0 Å². The first-order chi connectivity index (χ1) is 6.36. The molecule has 1 aromatic heterocycles. The van der Waals surface area contributed by atoms with Gasteiger partial charge in [-0.2, -0.15) is 0 Å². The Hall–Kier alpha value is -1.24. The summed E-state index contributed by atoms with van der Waals surface area (Å²) in [5.41, 5.74) is 4.22. The predicted molar refractivity (Wildman–Crippen MR) is 55.0 cm³/mol. The Kier molecular flexibility index (Phi) is 1.32. The smallest absolute Gasteiger partial charge is 0.0458 e. The highest BCUT2D eigenvalue weighted by molar-refractivity contribution is 5.84. The fraction of sp³-hybridized carbons (Fsp3) is 0.333. The topological polar surface area (TPSA) is 15.8 Å². The van der Waals surface area contributed by atoms with Gasteiger partial charge in [0.05, 0.1) is 0 Å². The first kappa shape index (κ1) is 7.19. The van der Waals surface area contributed by atoms with Gasteiger partial charge in [0.1, 0.15) is 0 Å². The number of aryl methyl sites for hydroxylation is 1. The van der Waals surface area contributed by atoms with E-state index in [4.69, 9.17) is 0 Å². The van der Waals surface area contributed by atoms with E-state index in [-0.39, 0.29) is 0 Å². The highest BCUT2D eigenvalue weighted by atomic mass is 14.7. The molecule has 0 atom stereocenters. The molecule has 1 aromatic carbocycles. The number of rotatable bonds is 1. The maximum absolute atomic E-state index is 3.53. The molecule has 1 heteroatoms. The highest BCUT2D eigenvalue weighted by Gasteiger charge is 2.27. The van der Waals surface area contributed by atoms with Crippen molar-refractivity contribution in [3.63, 3.8) is 0 Å². The molecule has 0 radical (unpaired) electrons. The van der Waals surface area contributed by atoms with E-state index in [1.54, 1.807) is 0 Å². The van der Waals surface area contributed by atoms with E-state index in [1.807, 2.05) is 0 Å². The first-order valence-corrected chi connectivity index (χ1v) is 4.93. The van der Waals surface area contributed by atoms with Crippen molar-refractivity contribution in [3.05, 3.63) is 35.5 Å². The summed E-state index contributed by atoms with van der Waals surface area (Å²) in [5.74, 6) is 0.826. The summed E-state index contributed by atoms with van der Waals surface area (Å²) < 4.78 is 0. The van der Waals surface area contributed by atoms with Gasteiger partial charge in [0.2, 0.25) is 0 Å². The fourth-order valence-corrected chi connectivity index (χ4v) is 2.08. The molecule has 0 amide bonds. The Labute approximate surface area is 77.8 Å². The Morgan fingerprint density at radius 2 is 2.00 bits per heavy atom. The minimum atomic E-state index is 0.826. The van der Waals surface area contributed by atoms with E-state index in [0.29, 0.717) is 0 Å².